The number of halogens is 1. The van der Waals surface area contributed by atoms with Gasteiger partial charge in [-0.25, -0.2) is 4.98 Å². The average molecular weight is 448 g/mol. The van der Waals surface area contributed by atoms with Crippen molar-refractivity contribution in [2.45, 2.75) is 50.7 Å². The molecule has 2 aromatic heterocycles. The fraction of sp³-hybridized carbons (Fsp3) is 0.308. The number of aromatic nitrogens is 3. The van der Waals surface area contributed by atoms with Gasteiger partial charge in [-0.3, -0.25) is 0 Å². The maximum atomic E-state index is 10.3. The Morgan fingerprint density at radius 1 is 1.19 bits per heavy atom. The van der Waals surface area contributed by atoms with E-state index in [0.717, 1.165) is 36.8 Å². The molecule has 164 valence electrons. The second-order valence-electron chi connectivity index (χ2n) is 8.85. The predicted octanol–water partition coefficient (Wildman–Crippen LogP) is 6.11. The Labute approximate surface area is 192 Å². The van der Waals surface area contributed by atoms with Gasteiger partial charge >= 0.3 is 0 Å². The van der Waals surface area contributed by atoms with Crippen LogP contribution in [-0.4, -0.2) is 31.8 Å². The van der Waals surface area contributed by atoms with Gasteiger partial charge in [0.05, 0.1) is 21.8 Å². The van der Waals surface area contributed by atoms with Crippen molar-refractivity contribution < 1.29 is 9.84 Å². The van der Waals surface area contributed by atoms with Gasteiger partial charge in [-0.15, -0.1) is 0 Å². The Bertz CT molecular complexity index is 1220. The molecular formula is C26H26ClN3O2. The molecule has 2 heterocycles. The number of ether oxygens (including phenoxy) is 1. The minimum absolute atomic E-state index is 0.0664. The van der Waals surface area contributed by atoms with E-state index in [4.69, 9.17) is 21.3 Å². The van der Waals surface area contributed by atoms with Crippen molar-refractivity contribution in [3.8, 4) is 6.01 Å². The molecule has 0 amide bonds. The zero-order chi connectivity index (χ0) is 22.1. The van der Waals surface area contributed by atoms with E-state index in [9.17, 15) is 5.11 Å². The van der Waals surface area contributed by atoms with E-state index in [-0.39, 0.29) is 6.10 Å². The number of H-pyrrole nitrogens is 1. The molecule has 0 spiro atoms. The first kappa shape index (κ1) is 21.0. The summed E-state index contributed by atoms with van der Waals surface area (Å²) in [4.78, 5) is 12.4. The lowest BCUT2D eigenvalue weighted by molar-refractivity contribution is -0.0252. The minimum atomic E-state index is -0.686. The molecule has 5 nitrogen and oxygen atoms in total. The third-order valence-electron chi connectivity index (χ3n) is 6.11. The predicted molar refractivity (Wildman–Crippen MR) is 129 cm³/mol. The molecule has 32 heavy (non-hydrogen) atoms. The number of aliphatic hydroxyl groups is 1. The molecule has 3 aromatic rings. The first-order chi connectivity index (χ1) is 15.5. The lowest BCUT2D eigenvalue weighted by Crippen LogP contribution is -2.37. The zero-order valence-corrected chi connectivity index (χ0v) is 18.8. The standard InChI is InChI=1S/C26H26ClN3O2/c1-26(31)14-6-11-20(16-26)32-25-28-22-15-21(27)23(29-24(22)30-25)19-10-5-9-18(12-13-19)17-7-3-2-4-8-17/h2-5,7-8,10,12-13,15,20,31H,6,9,11,14,16H2,1H3,(H,28,29,30)/t20-,26+/m1/s1. The van der Waals surface area contributed by atoms with Gasteiger partial charge in [-0.2, -0.15) is 4.98 Å². The molecule has 6 heteroatoms. The van der Waals surface area contributed by atoms with Crippen LogP contribution in [0.25, 0.3) is 22.3 Å². The molecule has 5 rings (SSSR count). The number of benzene rings is 1. The average Bonchev–Trinajstić information content (AvgIpc) is 2.98. The second kappa shape index (κ2) is 8.57. The number of aromatic amines is 1. The number of fused-ring (bicyclic) bond motifs is 1. The number of hydrogen-bond donors (Lipinski definition) is 2. The van der Waals surface area contributed by atoms with Crippen molar-refractivity contribution in [3.05, 3.63) is 77.0 Å². The van der Waals surface area contributed by atoms with Crippen LogP contribution in [0.4, 0.5) is 0 Å². The molecule has 0 radical (unpaired) electrons. The number of nitrogens with zero attached hydrogens (tertiary/aromatic N) is 2. The summed E-state index contributed by atoms with van der Waals surface area (Å²) in [5.41, 5.74) is 4.69. The summed E-state index contributed by atoms with van der Waals surface area (Å²) in [7, 11) is 0. The highest BCUT2D eigenvalue weighted by Gasteiger charge is 2.31. The van der Waals surface area contributed by atoms with Gasteiger partial charge in [-0.05, 0) is 49.8 Å². The molecule has 2 N–H and O–H groups in total. The van der Waals surface area contributed by atoms with Crippen LogP contribution in [0.15, 0.2) is 60.7 Å². The maximum absolute atomic E-state index is 10.3. The van der Waals surface area contributed by atoms with Crippen molar-refractivity contribution in [1.82, 2.24) is 15.0 Å². The van der Waals surface area contributed by atoms with Crippen LogP contribution in [-0.2, 0) is 0 Å². The molecule has 2 aliphatic carbocycles. The zero-order valence-electron chi connectivity index (χ0n) is 18.0. The SMILES string of the molecule is C[C@]1(O)CCC[C@@H](Oc2nc3nc(C4=CC=C(c5ccccc5)CC=C4)c(Cl)cc3[nH]2)C1. The number of hydrogen-bond acceptors (Lipinski definition) is 4. The lowest BCUT2D eigenvalue weighted by Gasteiger charge is -2.33. The molecule has 0 saturated heterocycles. The molecule has 1 saturated carbocycles. The summed E-state index contributed by atoms with van der Waals surface area (Å²) in [5.74, 6) is 0. The Balaban J connectivity index is 1.42. The number of pyridine rings is 1. The molecule has 1 fully saturated rings. The summed E-state index contributed by atoms with van der Waals surface area (Å²) in [6.45, 7) is 1.86. The quantitative estimate of drug-likeness (QED) is 0.506. The molecule has 2 aliphatic rings. The molecule has 0 bridgehead atoms. The lowest BCUT2D eigenvalue weighted by atomic mass is 9.85. The molecule has 0 unspecified atom stereocenters. The van der Waals surface area contributed by atoms with Gasteiger partial charge < -0.3 is 14.8 Å². The van der Waals surface area contributed by atoms with Gasteiger partial charge in [0.2, 0.25) is 0 Å². The van der Waals surface area contributed by atoms with Crippen molar-refractivity contribution >= 4 is 33.9 Å². The van der Waals surface area contributed by atoms with Crippen LogP contribution in [0.1, 0.15) is 50.3 Å². The van der Waals surface area contributed by atoms with Crippen LogP contribution >= 0.6 is 11.6 Å². The summed E-state index contributed by atoms with van der Waals surface area (Å²) in [6.07, 6.45) is 12.4. The topological polar surface area (TPSA) is 71.0 Å². The number of imidazole rings is 1. The molecule has 2 atom stereocenters. The van der Waals surface area contributed by atoms with Gasteiger partial charge in [0.25, 0.3) is 6.01 Å². The summed E-state index contributed by atoms with van der Waals surface area (Å²) < 4.78 is 6.04. The normalized spacial score (nSPS) is 23.5. The monoisotopic (exact) mass is 447 g/mol. The smallest absolute Gasteiger partial charge is 0.296 e. The van der Waals surface area contributed by atoms with E-state index in [1.165, 1.54) is 11.1 Å². The fourth-order valence-electron chi connectivity index (χ4n) is 4.47. The van der Waals surface area contributed by atoms with E-state index in [2.05, 4.69) is 46.4 Å². The van der Waals surface area contributed by atoms with E-state index in [1.807, 2.05) is 31.2 Å². The van der Waals surface area contributed by atoms with Crippen LogP contribution in [0.3, 0.4) is 0 Å². The van der Waals surface area contributed by atoms with E-state index < -0.39 is 5.60 Å². The third-order valence-corrected chi connectivity index (χ3v) is 6.40. The Hall–Kier alpha value is -2.89. The first-order valence-corrected chi connectivity index (χ1v) is 11.4. The maximum Gasteiger partial charge on any atom is 0.296 e. The number of nitrogens with one attached hydrogen (secondary N) is 1. The highest BCUT2D eigenvalue weighted by Crippen LogP contribution is 2.32. The van der Waals surface area contributed by atoms with Crippen molar-refractivity contribution in [1.29, 1.82) is 0 Å². The van der Waals surface area contributed by atoms with Crippen LogP contribution < -0.4 is 4.74 Å². The summed E-state index contributed by atoms with van der Waals surface area (Å²) in [5, 5.41) is 10.9. The third kappa shape index (κ3) is 4.50. The fourth-order valence-corrected chi connectivity index (χ4v) is 4.73. The Kier molecular flexibility index (Phi) is 5.62. The summed E-state index contributed by atoms with van der Waals surface area (Å²) >= 11 is 6.60. The molecule has 1 aromatic carbocycles. The van der Waals surface area contributed by atoms with Gasteiger partial charge in [-0.1, -0.05) is 66.2 Å². The van der Waals surface area contributed by atoms with E-state index >= 15 is 0 Å². The van der Waals surface area contributed by atoms with E-state index in [0.29, 0.717) is 28.8 Å². The van der Waals surface area contributed by atoms with Crippen molar-refractivity contribution in [3.63, 3.8) is 0 Å². The van der Waals surface area contributed by atoms with E-state index in [1.54, 1.807) is 0 Å². The largest absolute Gasteiger partial charge is 0.461 e. The van der Waals surface area contributed by atoms with Crippen LogP contribution in [0.5, 0.6) is 6.01 Å². The van der Waals surface area contributed by atoms with Crippen molar-refractivity contribution in [2.24, 2.45) is 0 Å². The Morgan fingerprint density at radius 3 is 2.84 bits per heavy atom. The van der Waals surface area contributed by atoms with Crippen LogP contribution in [0, 0.1) is 0 Å². The summed E-state index contributed by atoms with van der Waals surface area (Å²) in [6, 6.07) is 12.6. The second-order valence-corrected chi connectivity index (χ2v) is 9.26. The van der Waals surface area contributed by atoms with Gasteiger partial charge in [0.15, 0.2) is 5.65 Å². The molecule has 0 aliphatic heterocycles. The Morgan fingerprint density at radius 2 is 2.03 bits per heavy atom. The minimum Gasteiger partial charge on any atom is -0.461 e. The van der Waals surface area contributed by atoms with Gasteiger partial charge in [0.1, 0.15) is 6.10 Å². The van der Waals surface area contributed by atoms with Crippen molar-refractivity contribution in [2.75, 3.05) is 0 Å². The molecular weight excluding hydrogens is 422 g/mol. The number of rotatable bonds is 4. The first-order valence-electron chi connectivity index (χ1n) is 11.1. The van der Waals surface area contributed by atoms with Gasteiger partial charge in [0, 0.05) is 12.0 Å². The van der Waals surface area contributed by atoms with Crippen LogP contribution in [0.2, 0.25) is 5.02 Å². The number of allylic oxidation sites excluding steroid dienone is 6. The highest BCUT2D eigenvalue weighted by atomic mass is 35.5. The highest BCUT2D eigenvalue weighted by molar-refractivity contribution is 6.32.